The van der Waals surface area contributed by atoms with Crippen LogP contribution in [0, 0.1) is 0 Å². The van der Waals surface area contributed by atoms with Crippen molar-refractivity contribution in [3.63, 3.8) is 0 Å². The summed E-state index contributed by atoms with van der Waals surface area (Å²) in [6.07, 6.45) is 27.2. The summed E-state index contributed by atoms with van der Waals surface area (Å²) in [4.78, 5) is 11.7. The van der Waals surface area contributed by atoms with Gasteiger partial charge in [-0.25, -0.2) is 0 Å². The van der Waals surface area contributed by atoms with Crippen molar-refractivity contribution in [2.45, 2.75) is 116 Å². The van der Waals surface area contributed by atoms with E-state index in [1.165, 1.54) is 44.9 Å². The Morgan fingerprint density at radius 2 is 1.30 bits per heavy atom. The lowest BCUT2D eigenvalue weighted by Crippen LogP contribution is -2.45. The van der Waals surface area contributed by atoms with Crippen LogP contribution in [-0.4, -0.2) is 34.9 Å². The van der Waals surface area contributed by atoms with E-state index in [-0.39, 0.29) is 12.5 Å². The van der Waals surface area contributed by atoms with Crippen molar-refractivity contribution < 1.29 is 15.0 Å². The number of carbonyl (C=O) groups excluding carboxylic acids is 1. The van der Waals surface area contributed by atoms with E-state index in [2.05, 4.69) is 36.5 Å². The van der Waals surface area contributed by atoms with E-state index in [4.69, 9.17) is 0 Å². The van der Waals surface area contributed by atoms with Gasteiger partial charge in [-0.05, 0) is 44.9 Å². The highest BCUT2D eigenvalue weighted by Gasteiger charge is 2.17. The second kappa shape index (κ2) is 22.3. The molecular formula is C26H47NO3. The average Bonchev–Trinajstić information content (AvgIpc) is 2.75. The van der Waals surface area contributed by atoms with Crippen LogP contribution in [0.3, 0.4) is 0 Å². The van der Waals surface area contributed by atoms with Gasteiger partial charge in [-0.3, -0.25) is 4.79 Å². The van der Waals surface area contributed by atoms with Gasteiger partial charge in [-0.15, -0.1) is 0 Å². The van der Waals surface area contributed by atoms with Crippen molar-refractivity contribution >= 4 is 5.91 Å². The van der Waals surface area contributed by atoms with Crippen LogP contribution in [-0.2, 0) is 4.79 Å². The minimum Gasteiger partial charge on any atom is -0.394 e. The molecule has 1 amide bonds. The Labute approximate surface area is 185 Å². The fourth-order valence-corrected chi connectivity index (χ4v) is 3.12. The van der Waals surface area contributed by atoms with E-state index in [9.17, 15) is 15.0 Å². The van der Waals surface area contributed by atoms with Crippen molar-refractivity contribution in [2.24, 2.45) is 0 Å². The monoisotopic (exact) mass is 421 g/mol. The Kier molecular flexibility index (Phi) is 21.3. The molecule has 0 saturated carbocycles. The molecule has 0 fully saturated rings. The topological polar surface area (TPSA) is 69.6 Å². The molecule has 0 aromatic heterocycles. The molecule has 30 heavy (non-hydrogen) atoms. The molecule has 0 aliphatic carbocycles. The maximum atomic E-state index is 11.7. The zero-order chi connectivity index (χ0) is 22.3. The van der Waals surface area contributed by atoms with Gasteiger partial charge in [-0.2, -0.15) is 0 Å². The number of aliphatic hydroxyl groups is 2. The quantitative estimate of drug-likeness (QED) is 0.167. The number of unbranched alkanes of at least 4 members (excludes halogenated alkanes) is 9. The number of amides is 1. The lowest BCUT2D eigenvalue weighted by Gasteiger charge is -2.19. The summed E-state index contributed by atoms with van der Waals surface area (Å²) < 4.78 is 0. The molecule has 0 aromatic rings. The second-order valence-electron chi connectivity index (χ2n) is 8.03. The number of hydrogen-bond donors (Lipinski definition) is 3. The normalized spacial score (nSPS) is 14.1. The van der Waals surface area contributed by atoms with Crippen LogP contribution >= 0.6 is 0 Å². The van der Waals surface area contributed by atoms with E-state index >= 15 is 0 Å². The standard InChI is InChI=1S/C26H47NO3/c1-3-5-7-8-9-10-11-12-13-14-15-16-17-18-19-20-21-25(29)24(23-28)27-26(30)22-6-4-2/h12-13,16-17,20-21,24-25,28-29H,3-11,14-15,18-19,22-23H2,1-2H3,(H,27,30)/b13-12+,17-16+,21-20+. The summed E-state index contributed by atoms with van der Waals surface area (Å²) in [7, 11) is 0. The highest BCUT2D eigenvalue weighted by molar-refractivity contribution is 5.76. The minimum absolute atomic E-state index is 0.118. The summed E-state index contributed by atoms with van der Waals surface area (Å²) in [5.41, 5.74) is 0. The third-order valence-electron chi connectivity index (χ3n) is 5.10. The van der Waals surface area contributed by atoms with Crippen LogP contribution in [0.15, 0.2) is 36.5 Å². The summed E-state index contributed by atoms with van der Waals surface area (Å²) >= 11 is 0. The van der Waals surface area contributed by atoms with E-state index in [0.29, 0.717) is 6.42 Å². The van der Waals surface area contributed by atoms with E-state index in [1.54, 1.807) is 6.08 Å². The molecular weight excluding hydrogens is 374 g/mol. The molecule has 4 nitrogen and oxygen atoms in total. The second-order valence-corrected chi connectivity index (χ2v) is 8.03. The van der Waals surface area contributed by atoms with Crippen LogP contribution in [0.25, 0.3) is 0 Å². The minimum atomic E-state index is -0.860. The first-order chi connectivity index (χ1) is 14.7. The molecule has 0 radical (unpaired) electrons. The molecule has 0 aliphatic rings. The third-order valence-corrected chi connectivity index (χ3v) is 5.10. The predicted molar refractivity (Wildman–Crippen MR) is 128 cm³/mol. The fourth-order valence-electron chi connectivity index (χ4n) is 3.12. The maximum absolute atomic E-state index is 11.7. The van der Waals surface area contributed by atoms with Gasteiger partial charge in [0.05, 0.1) is 18.8 Å². The van der Waals surface area contributed by atoms with Gasteiger partial charge in [-0.1, -0.05) is 88.8 Å². The van der Waals surface area contributed by atoms with Crippen molar-refractivity contribution in [3.8, 4) is 0 Å². The highest BCUT2D eigenvalue weighted by atomic mass is 16.3. The Morgan fingerprint density at radius 1 is 0.767 bits per heavy atom. The summed E-state index contributed by atoms with van der Waals surface area (Å²) in [6, 6.07) is -0.635. The SMILES string of the molecule is CCCCCCCC/C=C/CC/C=C/CC/C=C/C(O)C(CO)NC(=O)CCCC. The van der Waals surface area contributed by atoms with Gasteiger partial charge in [0, 0.05) is 6.42 Å². The van der Waals surface area contributed by atoms with Crippen LogP contribution in [0.1, 0.15) is 104 Å². The smallest absolute Gasteiger partial charge is 0.220 e. The van der Waals surface area contributed by atoms with E-state index in [0.717, 1.165) is 38.5 Å². The molecule has 0 heterocycles. The summed E-state index contributed by atoms with van der Waals surface area (Å²) in [6.45, 7) is 4.01. The Bertz CT molecular complexity index is 471. The Hall–Kier alpha value is -1.39. The van der Waals surface area contributed by atoms with Crippen LogP contribution in [0.5, 0.6) is 0 Å². The average molecular weight is 422 g/mol. The number of allylic oxidation sites excluding steroid dienone is 5. The van der Waals surface area contributed by atoms with E-state index < -0.39 is 12.1 Å². The molecule has 0 saturated heterocycles. The molecule has 4 heteroatoms. The first-order valence-electron chi connectivity index (χ1n) is 12.2. The molecule has 0 bridgehead atoms. The van der Waals surface area contributed by atoms with Gasteiger partial charge in [0.2, 0.25) is 5.91 Å². The van der Waals surface area contributed by atoms with Crippen molar-refractivity contribution in [2.75, 3.05) is 6.61 Å². The third kappa shape index (κ3) is 18.6. The largest absolute Gasteiger partial charge is 0.394 e. The number of carbonyl (C=O) groups is 1. The van der Waals surface area contributed by atoms with E-state index in [1.807, 2.05) is 13.0 Å². The van der Waals surface area contributed by atoms with Gasteiger partial charge in [0.15, 0.2) is 0 Å². The molecule has 0 spiro atoms. The van der Waals surface area contributed by atoms with Crippen molar-refractivity contribution in [1.29, 1.82) is 0 Å². The number of rotatable bonds is 20. The summed E-state index contributed by atoms with van der Waals surface area (Å²) in [5, 5.41) is 22.2. The Morgan fingerprint density at radius 3 is 1.90 bits per heavy atom. The molecule has 0 aromatic carbocycles. The van der Waals surface area contributed by atoms with Crippen molar-refractivity contribution in [3.05, 3.63) is 36.5 Å². The van der Waals surface area contributed by atoms with Crippen LogP contribution in [0.2, 0.25) is 0 Å². The first-order valence-corrected chi connectivity index (χ1v) is 12.2. The van der Waals surface area contributed by atoms with Crippen LogP contribution in [0.4, 0.5) is 0 Å². The van der Waals surface area contributed by atoms with Gasteiger partial charge in [0.25, 0.3) is 0 Å². The van der Waals surface area contributed by atoms with Gasteiger partial charge < -0.3 is 15.5 Å². The Balaban J connectivity index is 3.74. The zero-order valence-electron chi connectivity index (χ0n) is 19.5. The van der Waals surface area contributed by atoms with Crippen molar-refractivity contribution in [1.82, 2.24) is 5.32 Å². The lowest BCUT2D eigenvalue weighted by atomic mass is 10.1. The zero-order valence-corrected chi connectivity index (χ0v) is 19.5. The predicted octanol–water partition coefficient (Wildman–Crippen LogP) is 5.99. The van der Waals surface area contributed by atoms with Gasteiger partial charge in [0.1, 0.15) is 0 Å². The molecule has 2 unspecified atom stereocenters. The highest BCUT2D eigenvalue weighted by Crippen LogP contribution is 2.08. The number of hydrogen-bond acceptors (Lipinski definition) is 3. The molecule has 3 N–H and O–H groups in total. The maximum Gasteiger partial charge on any atom is 0.220 e. The molecule has 2 atom stereocenters. The molecule has 0 rings (SSSR count). The number of aliphatic hydroxyl groups excluding tert-OH is 2. The lowest BCUT2D eigenvalue weighted by molar-refractivity contribution is -0.122. The van der Waals surface area contributed by atoms with Crippen LogP contribution < -0.4 is 5.32 Å². The number of nitrogens with one attached hydrogen (secondary N) is 1. The first kappa shape index (κ1) is 28.6. The molecule has 0 aliphatic heterocycles. The summed E-state index contributed by atoms with van der Waals surface area (Å²) in [5.74, 6) is -0.118. The van der Waals surface area contributed by atoms with Gasteiger partial charge >= 0.3 is 0 Å². The fraction of sp³-hybridized carbons (Fsp3) is 0.731. The molecule has 174 valence electrons.